The number of methoxy groups -OCH3 is 1. The van der Waals surface area contributed by atoms with Gasteiger partial charge in [0.05, 0.1) is 0 Å². The second-order valence-corrected chi connectivity index (χ2v) is 3.80. The van der Waals surface area contributed by atoms with Gasteiger partial charge in [-0.05, 0) is 48.9 Å². The summed E-state index contributed by atoms with van der Waals surface area (Å²) >= 11 is 0. The highest BCUT2D eigenvalue weighted by Gasteiger charge is 2.08. The van der Waals surface area contributed by atoms with Crippen molar-refractivity contribution >= 4 is 5.69 Å². The number of ether oxygens (including phenoxy) is 1. The average molecular weight is 191 g/mol. The Morgan fingerprint density at radius 2 is 2.00 bits per heavy atom. The highest BCUT2D eigenvalue weighted by molar-refractivity contribution is 5.49. The van der Waals surface area contributed by atoms with Crippen molar-refractivity contribution in [3.05, 3.63) is 29.3 Å². The van der Waals surface area contributed by atoms with Gasteiger partial charge in [0, 0.05) is 12.8 Å². The van der Waals surface area contributed by atoms with Gasteiger partial charge in [0.15, 0.2) is 0 Å². The standard InChI is InChI=1S/C12H17NO/c1-14-9-13-12-7-6-10-4-2-3-5-11(10)8-12/h6-8,13H,2-5,9H2,1H3. The first kappa shape index (κ1) is 9.53. The highest BCUT2D eigenvalue weighted by Crippen LogP contribution is 2.23. The fourth-order valence-electron chi connectivity index (χ4n) is 2.00. The summed E-state index contributed by atoms with van der Waals surface area (Å²) in [4.78, 5) is 0. The normalized spacial score (nSPS) is 14.9. The molecule has 0 radical (unpaired) electrons. The molecule has 76 valence electrons. The van der Waals surface area contributed by atoms with Crippen molar-refractivity contribution in [1.29, 1.82) is 0 Å². The summed E-state index contributed by atoms with van der Waals surface area (Å²) in [6, 6.07) is 6.64. The van der Waals surface area contributed by atoms with E-state index in [1.165, 1.54) is 42.5 Å². The van der Waals surface area contributed by atoms with Gasteiger partial charge in [0.1, 0.15) is 6.73 Å². The highest BCUT2D eigenvalue weighted by atomic mass is 16.5. The SMILES string of the molecule is COCNc1ccc2c(c1)CCCC2. The quantitative estimate of drug-likeness (QED) is 0.741. The van der Waals surface area contributed by atoms with Crippen molar-refractivity contribution in [3.63, 3.8) is 0 Å². The third kappa shape index (κ3) is 2.07. The molecule has 0 bridgehead atoms. The maximum Gasteiger partial charge on any atom is 0.116 e. The van der Waals surface area contributed by atoms with Crippen LogP contribution in [0.25, 0.3) is 0 Å². The van der Waals surface area contributed by atoms with Crippen LogP contribution < -0.4 is 5.32 Å². The number of anilines is 1. The Hall–Kier alpha value is -1.02. The van der Waals surface area contributed by atoms with Crippen LogP contribution in [0.5, 0.6) is 0 Å². The first-order chi connectivity index (χ1) is 6.90. The summed E-state index contributed by atoms with van der Waals surface area (Å²) in [5, 5.41) is 3.22. The second kappa shape index (κ2) is 4.47. The van der Waals surface area contributed by atoms with Gasteiger partial charge in [0.2, 0.25) is 0 Å². The first-order valence-electron chi connectivity index (χ1n) is 5.25. The molecule has 1 N–H and O–H groups in total. The fraction of sp³-hybridized carbons (Fsp3) is 0.500. The summed E-state index contributed by atoms with van der Waals surface area (Å²) in [6.07, 6.45) is 5.16. The minimum atomic E-state index is 0.582. The molecular weight excluding hydrogens is 174 g/mol. The van der Waals surface area contributed by atoms with Crippen LogP contribution in [0.15, 0.2) is 18.2 Å². The Morgan fingerprint density at radius 1 is 1.21 bits per heavy atom. The van der Waals surface area contributed by atoms with Gasteiger partial charge in [-0.15, -0.1) is 0 Å². The third-order valence-corrected chi connectivity index (χ3v) is 2.77. The lowest BCUT2D eigenvalue weighted by molar-refractivity contribution is 0.221. The number of fused-ring (bicyclic) bond motifs is 1. The van der Waals surface area contributed by atoms with Crippen LogP contribution in [0, 0.1) is 0 Å². The van der Waals surface area contributed by atoms with E-state index in [0.717, 1.165) is 0 Å². The van der Waals surface area contributed by atoms with E-state index in [-0.39, 0.29) is 0 Å². The lowest BCUT2D eigenvalue weighted by Gasteiger charge is -2.16. The molecule has 0 aliphatic heterocycles. The molecule has 1 aliphatic carbocycles. The van der Waals surface area contributed by atoms with Crippen LogP contribution in [0.2, 0.25) is 0 Å². The van der Waals surface area contributed by atoms with E-state index in [2.05, 4.69) is 23.5 Å². The van der Waals surface area contributed by atoms with Crippen LogP contribution in [-0.2, 0) is 17.6 Å². The predicted molar refractivity (Wildman–Crippen MR) is 58.6 cm³/mol. The fourth-order valence-corrected chi connectivity index (χ4v) is 2.00. The maximum atomic E-state index is 4.98. The van der Waals surface area contributed by atoms with Crippen molar-refractivity contribution in [3.8, 4) is 0 Å². The minimum Gasteiger partial charge on any atom is -0.365 e. The molecule has 0 saturated heterocycles. The van der Waals surface area contributed by atoms with E-state index in [9.17, 15) is 0 Å². The van der Waals surface area contributed by atoms with Gasteiger partial charge in [-0.2, -0.15) is 0 Å². The van der Waals surface area contributed by atoms with Gasteiger partial charge in [-0.25, -0.2) is 0 Å². The number of benzene rings is 1. The molecule has 2 heteroatoms. The van der Waals surface area contributed by atoms with E-state index >= 15 is 0 Å². The van der Waals surface area contributed by atoms with E-state index in [1.54, 1.807) is 7.11 Å². The van der Waals surface area contributed by atoms with Crippen LogP contribution in [-0.4, -0.2) is 13.8 Å². The molecule has 0 aromatic heterocycles. The van der Waals surface area contributed by atoms with Crippen LogP contribution in [0.1, 0.15) is 24.0 Å². The lowest BCUT2D eigenvalue weighted by Crippen LogP contribution is -2.06. The Labute approximate surface area is 85.3 Å². The molecule has 2 nitrogen and oxygen atoms in total. The number of rotatable bonds is 3. The minimum absolute atomic E-state index is 0.582. The molecule has 0 amide bonds. The largest absolute Gasteiger partial charge is 0.365 e. The van der Waals surface area contributed by atoms with E-state index in [1.807, 2.05) is 0 Å². The zero-order valence-corrected chi connectivity index (χ0v) is 8.68. The predicted octanol–water partition coefficient (Wildman–Crippen LogP) is 2.58. The Kier molecular flexibility index (Phi) is 3.04. The van der Waals surface area contributed by atoms with Gasteiger partial charge in [0.25, 0.3) is 0 Å². The molecule has 0 unspecified atom stereocenters. The van der Waals surface area contributed by atoms with Crippen LogP contribution in [0.3, 0.4) is 0 Å². The van der Waals surface area contributed by atoms with Crippen molar-refractivity contribution in [2.24, 2.45) is 0 Å². The topological polar surface area (TPSA) is 21.3 Å². The summed E-state index contributed by atoms with van der Waals surface area (Å²) < 4.78 is 4.98. The molecule has 0 atom stereocenters. The number of hydrogen-bond acceptors (Lipinski definition) is 2. The summed E-state index contributed by atoms with van der Waals surface area (Å²) in [5.74, 6) is 0. The third-order valence-electron chi connectivity index (χ3n) is 2.77. The molecule has 0 heterocycles. The Balaban J connectivity index is 2.12. The monoisotopic (exact) mass is 191 g/mol. The number of nitrogens with one attached hydrogen (secondary N) is 1. The van der Waals surface area contributed by atoms with Crippen molar-refractivity contribution < 1.29 is 4.74 Å². The second-order valence-electron chi connectivity index (χ2n) is 3.80. The average Bonchev–Trinajstić information content (AvgIpc) is 2.26. The smallest absolute Gasteiger partial charge is 0.116 e. The summed E-state index contributed by atoms with van der Waals surface area (Å²) in [6.45, 7) is 0.582. The molecule has 1 aromatic rings. The molecule has 2 rings (SSSR count). The van der Waals surface area contributed by atoms with E-state index in [4.69, 9.17) is 4.74 Å². The Bertz CT molecular complexity index is 309. The van der Waals surface area contributed by atoms with Crippen LogP contribution >= 0.6 is 0 Å². The zero-order chi connectivity index (χ0) is 9.80. The number of hydrogen-bond donors (Lipinski definition) is 1. The molecule has 0 fully saturated rings. The molecule has 14 heavy (non-hydrogen) atoms. The van der Waals surface area contributed by atoms with Gasteiger partial charge in [-0.1, -0.05) is 6.07 Å². The molecular formula is C12H17NO. The zero-order valence-electron chi connectivity index (χ0n) is 8.68. The van der Waals surface area contributed by atoms with Gasteiger partial charge >= 0.3 is 0 Å². The summed E-state index contributed by atoms with van der Waals surface area (Å²) in [7, 11) is 1.70. The molecule has 1 aromatic carbocycles. The van der Waals surface area contributed by atoms with Gasteiger partial charge in [-0.3, -0.25) is 0 Å². The molecule has 0 spiro atoms. The molecule has 1 aliphatic rings. The first-order valence-corrected chi connectivity index (χ1v) is 5.25. The van der Waals surface area contributed by atoms with E-state index < -0.39 is 0 Å². The van der Waals surface area contributed by atoms with Crippen molar-refractivity contribution in [2.75, 3.05) is 19.2 Å². The van der Waals surface area contributed by atoms with Crippen LogP contribution in [0.4, 0.5) is 5.69 Å². The van der Waals surface area contributed by atoms with Crippen molar-refractivity contribution in [1.82, 2.24) is 0 Å². The van der Waals surface area contributed by atoms with Crippen molar-refractivity contribution in [2.45, 2.75) is 25.7 Å². The Morgan fingerprint density at radius 3 is 2.79 bits per heavy atom. The number of aryl methyl sites for hydroxylation is 2. The van der Waals surface area contributed by atoms with Gasteiger partial charge < -0.3 is 10.1 Å². The van der Waals surface area contributed by atoms with E-state index in [0.29, 0.717) is 6.73 Å². The lowest BCUT2D eigenvalue weighted by atomic mass is 9.91. The molecule has 0 saturated carbocycles. The summed E-state index contributed by atoms with van der Waals surface area (Å²) in [5.41, 5.74) is 4.21. The maximum absolute atomic E-state index is 4.98.